The molecule has 1 heterocycles. The normalized spacial score (nSPS) is 12.1. The molecule has 6 nitrogen and oxygen atoms in total. The lowest BCUT2D eigenvalue weighted by Crippen LogP contribution is -2.33. The lowest BCUT2D eigenvalue weighted by atomic mass is 10.1. The molecule has 0 saturated carbocycles. The van der Waals surface area contributed by atoms with Gasteiger partial charge in [-0.1, -0.05) is 0 Å². The monoisotopic (exact) mass is 240 g/mol. The Labute approximate surface area is 94.5 Å². The van der Waals surface area contributed by atoms with Gasteiger partial charge in [0.25, 0.3) is 0 Å². The average molecular weight is 240 g/mol. The summed E-state index contributed by atoms with van der Waals surface area (Å²) in [6, 6.07) is 3.32. The predicted molar refractivity (Wildman–Crippen MR) is 54.3 cm³/mol. The summed E-state index contributed by atoms with van der Waals surface area (Å²) in [5.41, 5.74) is -0.177. The van der Waals surface area contributed by atoms with E-state index >= 15 is 0 Å². The van der Waals surface area contributed by atoms with Crippen molar-refractivity contribution in [2.24, 2.45) is 0 Å². The van der Waals surface area contributed by atoms with Crippen LogP contribution >= 0.6 is 0 Å². The van der Waals surface area contributed by atoms with Gasteiger partial charge in [-0.3, -0.25) is 4.79 Å². The number of aliphatic hydroxyl groups is 3. The van der Waals surface area contributed by atoms with Crippen molar-refractivity contribution in [2.75, 3.05) is 0 Å². The van der Waals surface area contributed by atoms with Crippen LogP contribution in [-0.4, -0.2) is 30.9 Å². The minimum absolute atomic E-state index is 0.0819. The second-order valence-corrected chi connectivity index (χ2v) is 3.58. The molecule has 0 atom stereocenters. The van der Waals surface area contributed by atoms with E-state index in [1.165, 1.54) is 13.0 Å². The Morgan fingerprint density at radius 3 is 2.59 bits per heavy atom. The van der Waals surface area contributed by atoms with Crippen LogP contribution in [0.1, 0.15) is 17.4 Å². The first-order chi connectivity index (χ1) is 7.80. The molecule has 90 valence electrons. The second-order valence-electron chi connectivity index (χ2n) is 3.58. The van der Waals surface area contributed by atoms with Crippen molar-refractivity contribution in [1.29, 1.82) is 0 Å². The third-order valence-corrected chi connectivity index (χ3v) is 2.26. The van der Waals surface area contributed by atoms with Gasteiger partial charge in [0.1, 0.15) is 11.5 Å². The van der Waals surface area contributed by atoms with Gasteiger partial charge >= 0.3 is 6.10 Å². The van der Waals surface area contributed by atoms with Gasteiger partial charge in [-0.05, 0) is 12.1 Å². The van der Waals surface area contributed by atoms with Gasteiger partial charge in [-0.15, -0.1) is 0 Å². The van der Waals surface area contributed by atoms with E-state index in [1.807, 2.05) is 0 Å². The van der Waals surface area contributed by atoms with Crippen molar-refractivity contribution in [3.63, 3.8) is 0 Å². The van der Waals surface area contributed by atoms with E-state index in [0.717, 1.165) is 12.1 Å². The number of nitrogens with zero attached hydrogens (tertiary/aromatic N) is 2. The van der Waals surface area contributed by atoms with Crippen LogP contribution in [0.3, 0.4) is 0 Å². The van der Waals surface area contributed by atoms with E-state index in [2.05, 4.69) is 5.10 Å². The summed E-state index contributed by atoms with van der Waals surface area (Å²) in [6.45, 7) is 1.23. The molecule has 0 unspecified atom stereocenters. The average Bonchev–Trinajstić information content (AvgIpc) is 2.55. The molecule has 0 spiro atoms. The van der Waals surface area contributed by atoms with Crippen molar-refractivity contribution >= 4 is 16.7 Å². The SMILES string of the molecule is CC(=O)c1nn(C(O)(O)O)c2cc(F)ccc12. The number of hydrogen-bond donors (Lipinski definition) is 3. The quantitative estimate of drug-likeness (QED) is 0.504. The highest BCUT2D eigenvalue weighted by Crippen LogP contribution is 2.23. The van der Waals surface area contributed by atoms with Crippen molar-refractivity contribution in [3.8, 4) is 0 Å². The number of fused-ring (bicyclic) bond motifs is 1. The van der Waals surface area contributed by atoms with Crippen LogP contribution in [0.15, 0.2) is 18.2 Å². The number of halogens is 1. The Hall–Kier alpha value is -1.83. The lowest BCUT2D eigenvalue weighted by molar-refractivity contribution is -0.378. The molecule has 0 fully saturated rings. The molecule has 0 radical (unpaired) electrons. The molecule has 0 saturated heterocycles. The molecule has 0 aliphatic rings. The van der Waals surface area contributed by atoms with Crippen LogP contribution < -0.4 is 0 Å². The maximum absolute atomic E-state index is 13.0. The van der Waals surface area contributed by atoms with Crippen LogP contribution in [0, 0.1) is 5.82 Å². The van der Waals surface area contributed by atoms with E-state index in [1.54, 1.807) is 0 Å². The Balaban J connectivity index is 2.85. The molecule has 0 aliphatic carbocycles. The molecule has 1 aromatic carbocycles. The topological polar surface area (TPSA) is 95.6 Å². The fourth-order valence-corrected chi connectivity index (χ4v) is 1.58. The molecule has 2 rings (SSSR count). The number of Topliss-reactive ketones (excluding diaryl/α,β-unsaturated/α-hetero) is 1. The van der Waals surface area contributed by atoms with Crippen molar-refractivity contribution in [1.82, 2.24) is 9.78 Å². The highest BCUT2D eigenvalue weighted by molar-refractivity contribution is 6.04. The van der Waals surface area contributed by atoms with Crippen LogP contribution in [0.25, 0.3) is 10.9 Å². The molecule has 1 aromatic heterocycles. The van der Waals surface area contributed by atoms with Crippen molar-refractivity contribution in [2.45, 2.75) is 13.0 Å². The smallest absolute Gasteiger partial charge is 0.324 e. The maximum Gasteiger partial charge on any atom is 0.389 e. The third-order valence-electron chi connectivity index (χ3n) is 2.26. The number of rotatable bonds is 2. The van der Waals surface area contributed by atoms with Crippen LogP contribution in [0.2, 0.25) is 0 Å². The van der Waals surface area contributed by atoms with Gasteiger partial charge in [0.2, 0.25) is 0 Å². The fraction of sp³-hybridized carbons (Fsp3) is 0.200. The molecule has 0 bridgehead atoms. The first kappa shape index (κ1) is 11.6. The van der Waals surface area contributed by atoms with Gasteiger partial charge in [0, 0.05) is 18.4 Å². The number of carbonyl (C=O) groups is 1. The predicted octanol–water partition coefficient (Wildman–Crippen LogP) is -0.0773. The summed E-state index contributed by atoms with van der Waals surface area (Å²) in [5, 5.41) is 30.9. The van der Waals surface area contributed by atoms with E-state index < -0.39 is 17.7 Å². The zero-order valence-electron chi connectivity index (χ0n) is 8.75. The van der Waals surface area contributed by atoms with Crippen LogP contribution in [-0.2, 0) is 6.10 Å². The van der Waals surface area contributed by atoms with Crippen LogP contribution in [0.4, 0.5) is 4.39 Å². The Morgan fingerprint density at radius 1 is 1.41 bits per heavy atom. The summed E-state index contributed by atoms with van der Waals surface area (Å²) in [4.78, 5) is 11.3. The Bertz CT molecular complexity index is 600. The number of benzene rings is 1. The third kappa shape index (κ3) is 1.91. The first-order valence-electron chi connectivity index (χ1n) is 4.67. The van der Waals surface area contributed by atoms with Gasteiger partial charge in [0.15, 0.2) is 5.78 Å². The largest absolute Gasteiger partial charge is 0.389 e. The molecule has 0 amide bonds. The highest BCUT2D eigenvalue weighted by atomic mass is 19.1. The van der Waals surface area contributed by atoms with E-state index in [0.29, 0.717) is 4.68 Å². The van der Waals surface area contributed by atoms with Gasteiger partial charge in [-0.25, -0.2) is 4.39 Å². The number of hydrogen-bond acceptors (Lipinski definition) is 5. The summed E-state index contributed by atoms with van der Waals surface area (Å²) >= 11 is 0. The zero-order valence-corrected chi connectivity index (χ0v) is 8.75. The standard InChI is InChI=1S/C10H9FN2O4/c1-5(14)9-7-3-2-6(11)4-8(7)13(12-9)10(15,16)17/h2-4,15-17H,1H3. The molecular formula is C10H9FN2O4. The van der Waals surface area contributed by atoms with E-state index in [9.17, 15) is 9.18 Å². The minimum Gasteiger partial charge on any atom is -0.324 e. The summed E-state index contributed by atoms with van der Waals surface area (Å²) in [6.07, 6.45) is -3.29. The number of carbonyl (C=O) groups excluding carboxylic acids is 1. The lowest BCUT2D eigenvalue weighted by Gasteiger charge is -2.14. The summed E-state index contributed by atoms with van der Waals surface area (Å²) in [5.74, 6) is -1.09. The van der Waals surface area contributed by atoms with Gasteiger partial charge in [0.05, 0.1) is 5.52 Å². The zero-order chi connectivity index (χ0) is 12.8. The summed E-state index contributed by atoms with van der Waals surface area (Å²) < 4.78 is 13.4. The van der Waals surface area contributed by atoms with Crippen LogP contribution in [0.5, 0.6) is 0 Å². The molecular weight excluding hydrogens is 231 g/mol. The first-order valence-corrected chi connectivity index (χ1v) is 4.67. The minimum atomic E-state index is -3.29. The fourth-order valence-electron chi connectivity index (χ4n) is 1.58. The number of aromatic nitrogens is 2. The van der Waals surface area contributed by atoms with E-state index in [4.69, 9.17) is 15.3 Å². The molecule has 17 heavy (non-hydrogen) atoms. The van der Waals surface area contributed by atoms with Gasteiger partial charge < -0.3 is 15.3 Å². The molecule has 0 aliphatic heterocycles. The maximum atomic E-state index is 13.0. The summed E-state index contributed by atoms with van der Waals surface area (Å²) in [7, 11) is 0. The van der Waals surface area contributed by atoms with Crippen molar-refractivity contribution < 1.29 is 24.5 Å². The van der Waals surface area contributed by atoms with Crippen molar-refractivity contribution in [3.05, 3.63) is 29.7 Å². The molecule has 7 heteroatoms. The van der Waals surface area contributed by atoms with E-state index in [-0.39, 0.29) is 16.6 Å². The number of ketones is 1. The Kier molecular flexibility index (Phi) is 2.46. The molecule has 3 N–H and O–H groups in total. The molecule has 2 aromatic rings. The Morgan fingerprint density at radius 2 is 2.06 bits per heavy atom. The van der Waals surface area contributed by atoms with Gasteiger partial charge in [-0.2, -0.15) is 9.78 Å². The second kappa shape index (κ2) is 3.59. The highest BCUT2D eigenvalue weighted by Gasteiger charge is 2.28.